The zero-order valence-electron chi connectivity index (χ0n) is 12.7. The number of ether oxygens (including phenoxy) is 2. The number of methoxy groups -OCH3 is 1. The van der Waals surface area contributed by atoms with Crippen LogP contribution in [0.3, 0.4) is 0 Å². The third-order valence-electron chi connectivity index (χ3n) is 3.51. The lowest BCUT2D eigenvalue weighted by Crippen LogP contribution is -2.22. The number of fused-ring (bicyclic) bond motifs is 2. The maximum atomic E-state index is 6.20. The van der Waals surface area contributed by atoms with Gasteiger partial charge >= 0.3 is 0 Å². The van der Waals surface area contributed by atoms with Gasteiger partial charge in [-0.2, -0.15) is 0 Å². The summed E-state index contributed by atoms with van der Waals surface area (Å²) in [4.78, 5) is 4.65. The zero-order chi connectivity index (χ0) is 16.2. The second-order valence-electron chi connectivity index (χ2n) is 5.09. The molecular weight excluding hydrogens is 353 g/mol. The fourth-order valence-electron chi connectivity index (χ4n) is 2.51. The van der Waals surface area contributed by atoms with E-state index in [4.69, 9.17) is 32.7 Å². The van der Waals surface area contributed by atoms with Crippen LogP contribution in [0.15, 0.2) is 46.2 Å². The van der Waals surface area contributed by atoms with E-state index in [1.165, 1.54) is 9.79 Å². The second-order valence-corrected chi connectivity index (χ2v) is 6.99. The van der Waals surface area contributed by atoms with Gasteiger partial charge in [-0.1, -0.05) is 23.4 Å². The van der Waals surface area contributed by atoms with Gasteiger partial charge in [-0.25, -0.2) is 0 Å². The van der Waals surface area contributed by atoms with E-state index in [1.807, 2.05) is 24.3 Å². The molecule has 1 aliphatic rings. The molecule has 0 amide bonds. The lowest BCUT2D eigenvalue weighted by Gasteiger charge is -2.33. The SMILES string of the molecule is COCOc1ccc2c(c1)N(CCCCl)c1cc(Cl)ccc1S2. The molecule has 23 heavy (non-hydrogen) atoms. The zero-order valence-corrected chi connectivity index (χ0v) is 15.0. The molecule has 0 saturated heterocycles. The molecule has 1 aliphatic heterocycles. The van der Waals surface area contributed by atoms with E-state index in [-0.39, 0.29) is 6.79 Å². The highest BCUT2D eigenvalue weighted by molar-refractivity contribution is 7.99. The minimum absolute atomic E-state index is 0.232. The number of rotatable bonds is 6. The standard InChI is InChI=1S/C17H17Cl2NO2S/c1-21-11-22-13-4-6-17-15(10-13)20(8-2-7-18)14-9-12(19)3-5-16(14)23-17/h3-6,9-10H,2,7-8,11H2,1H3. The molecule has 0 unspecified atom stereocenters. The molecule has 0 fully saturated rings. The van der Waals surface area contributed by atoms with Gasteiger partial charge in [0.1, 0.15) is 5.75 Å². The van der Waals surface area contributed by atoms with Gasteiger partial charge in [0.25, 0.3) is 0 Å². The summed E-state index contributed by atoms with van der Waals surface area (Å²) >= 11 is 13.8. The van der Waals surface area contributed by atoms with Crippen molar-refractivity contribution in [3.8, 4) is 5.75 Å². The number of alkyl halides is 1. The maximum Gasteiger partial charge on any atom is 0.188 e. The van der Waals surface area contributed by atoms with E-state index in [0.29, 0.717) is 5.88 Å². The Morgan fingerprint density at radius 3 is 2.57 bits per heavy atom. The van der Waals surface area contributed by atoms with Crippen LogP contribution in [0.2, 0.25) is 5.02 Å². The Morgan fingerprint density at radius 1 is 1.09 bits per heavy atom. The van der Waals surface area contributed by atoms with Crippen LogP contribution in [-0.2, 0) is 4.74 Å². The van der Waals surface area contributed by atoms with Crippen molar-refractivity contribution in [3.63, 3.8) is 0 Å². The number of anilines is 2. The number of benzene rings is 2. The van der Waals surface area contributed by atoms with Gasteiger partial charge in [-0.3, -0.25) is 0 Å². The quantitative estimate of drug-likeness (QED) is 0.491. The molecule has 0 bridgehead atoms. The van der Waals surface area contributed by atoms with Gasteiger partial charge in [0.2, 0.25) is 0 Å². The number of halogens is 2. The normalized spacial score (nSPS) is 12.7. The first kappa shape index (κ1) is 16.8. The minimum atomic E-state index is 0.232. The summed E-state index contributed by atoms with van der Waals surface area (Å²) in [7, 11) is 1.61. The minimum Gasteiger partial charge on any atom is -0.467 e. The first-order valence-corrected chi connectivity index (χ1v) is 9.02. The molecule has 0 spiro atoms. The lowest BCUT2D eigenvalue weighted by atomic mass is 10.2. The molecule has 0 aromatic heterocycles. The Hall–Kier alpha value is -1.07. The van der Waals surface area contributed by atoms with Crippen LogP contribution in [0.4, 0.5) is 11.4 Å². The van der Waals surface area contributed by atoms with Crippen molar-refractivity contribution in [2.24, 2.45) is 0 Å². The molecule has 0 N–H and O–H groups in total. The van der Waals surface area contributed by atoms with Crippen LogP contribution in [0.25, 0.3) is 0 Å². The molecule has 6 heteroatoms. The van der Waals surface area contributed by atoms with Gasteiger partial charge in [0.05, 0.1) is 11.4 Å². The van der Waals surface area contributed by atoms with Crippen molar-refractivity contribution in [1.82, 2.24) is 0 Å². The molecular formula is C17H17Cl2NO2S. The first-order chi connectivity index (χ1) is 11.2. The Morgan fingerprint density at radius 2 is 1.83 bits per heavy atom. The highest BCUT2D eigenvalue weighted by Gasteiger charge is 2.24. The predicted octanol–water partition coefficient (Wildman–Crippen LogP) is 5.55. The highest BCUT2D eigenvalue weighted by atomic mass is 35.5. The topological polar surface area (TPSA) is 21.7 Å². The molecule has 3 rings (SSSR count). The fourth-order valence-corrected chi connectivity index (χ4v) is 3.85. The van der Waals surface area contributed by atoms with Crippen molar-refractivity contribution >= 4 is 46.3 Å². The molecule has 0 aliphatic carbocycles. The molecule has 2 aromatic carbocycles. The summed E-state index contributed by atoms with van der Waals surface area (Å²) in [5, 5.41) is 0.732. The second kappa shape index (κ2) is 7.67. The van der Waals surface area contributed by atoms with Crippen LogP contribution in [0.5, 0.6) is 5.75 Å². The lowest BCUT2D eigenvalue weighted by molar-refractivity contribution is 0.0511. The van der Waals surface area contributed by atoms with Gasteiger partial charge < -0.3 is 14.4 Å². The summed E-state index contributed by atoms with van der Waals surface area (Å²) in [6, 6.07) is 12.1. The smallest absolute Gasteiger partial charge is 0.188 e. The Bertz CT molecular complexity index is 696. The Kier molecular flexibility index (Phi) is 5.59. The highest BCUT2D eigenvalue weighted by Crippen LogP contribution is 2.49. The Labute approximate surface area is 150 Å². The molecule has 0 atom stereocenters. The van der Waals surface area contributed by atoms with Gasteiger partial charge in [0.15, 0.2) is 6.79 Å². The van der Waals surface area contributed by atoms with Crippen molar-refractivity contribution in [2.45, 2.75) is 16.2 Å². The van der Waals surface area contributed by atoms with E-state index in [9.17, 15) is 0 Å². The van der Waals surface area contributed by atoms with Gasteiger partial charge in [-0.05, 0) is 36.8 Å². The number of hydrogen-bond acceptors (Lipinski definition) is 4. The molecule has 0 saturated carbocycles. The fraction of sp³-hybridized carbons (Fsp3) is 0.294. The van der Waals surface area contributed by atoms with Crippen LogP contribution >= 0.6 is 35.0 Å². The van der Waals surface area contributed by atoms with Crippen molar-refractivity contribution in [3.05, 3.63) is 41.4 Å². The largest absolute Gasteiger partial charge is 0.467 e. The molecule has 122 valence electrons. The number of nitrogens with zero attached hydrogens (tertiary/aromatic N) is 1. The summed E-state index contributed by atoms with van der Waals surface area (Å²) in [6.45, 7) is 1.06. The van der Waals surface area contributed by atoms with E-state index in [0.717, 1.165) is 35.1 Å². The summed E-state index contributed by atoms with van der Waals surface area (Å²) in [5.41, 5.74) is 2.23. The van der Waals surface area contributed by atoms with Crippen LogP contribution in [0.1, 0.15) is 6.42 Å². The summed E-state index contributed by atoms with van der Waals surface area (Å²) in [6.07, 6.45) is 0.890. The van der Waals surface area contributed by atoms with E-state index in [2.05, 4.69) is 17.0 Å². The third-order valence-corrected chi connectivity index (χ3v) is 5.14. The van der Waals surface area contributed by atoms with Crippen molar-refractivity contribution < 1.29 is 9.47 Å². The first-order valence-electron chi connectivity index (χ1n) is 7.29. The molecule has 2 aromatic rings. The van der Waals surface area contributed by atoms with Gasteiger partial charge in [-0.15, -0.1) is 11.6 Å². The van der Waals surface area contributed by atoms with Crippen molar-refractivity contribution in [1.29, 1.82) is 0 Å². The van der Waals surface area contributed by atoms with E-state index >= 15 is 0 Å². The van der Waals surface area contributed by atoms with Crippen LogP contribution in [0, 0.1) is 0 Å². The summed E-state index contributed by atoms with van der Waals surface area (Å²) in [5.74, 6) is 1.40. The van der Waals surface area contributed by atoms with Crippen LogP contribution < -0.4 is 9.64 Å². The predicted molar refractivity (Wildman–Crippen MR) is 96.9 cm³/mol. The monoisotopic (exact) mass is 369 g/mol. The average Bonchev–Trinajstić information content (AvgIpc) is 2.57. The van der Waals surface area contributed by atoms with Crippen LogP contribution in [-0.4, -0.2) is 26.3 Å². The summed E-state index contributed by atoms with van der Waals surface area (Å²) < 4.78 is 10.6. The molecule has 1 heterocycles. The average molecular weight is 370 g/mol. The maximum absolute atomic E-state index is 6.20. The van der Waals surface area contributed by atoms with Crippen molar-refractivity contribution in [2.75, 3.05) is 31.2 Å². The molecule has 0 radical (unpaired) electrons. The molecule has 3 nitrogen and oxygen atoms in total. The Balaban J connectivity index is 2.00. The van der Waals surface area contributed by atoms with Gasteiger partial charge in [0, 0.05) is 40.4 Å². The van der Waals surface area contributed by atoms with E-state index < -0.39 is 0 Å². The number of hydrogen-bond donors (Lipinski definition) is 0. The van der Waals surface area contributed by atoms with E-state index in [1.54, 1.807) is 18.9 Å². The third kappa shape index (κ3) is 3.72.